The fraction of sp³-hybridized carbons (Fsp3) is 0. The fourth-order valence-corrected chi connectivity index (χ4v) is 4.16. The van der Waals surface area contributed by atoms with E-state index in [4.69, 9.17) is 34.8 Å². The van der Waals surface area contributed by atoms with Crippen LogP contribution in [0.4, 0.5) is 15.8 Å². The van der Waals surface area contributed by atoms with E-state index in [0.717, 1.165) is 18.2 Å². The molecule has 3 aromatic carbocycles. The van der Waals surface area contributed by atoms with Crippen LogP contribution in [0.15, 0.2) is 65.6 Å². The first kappa shape index (κ1) is 21.4. The summed E-state index contributed by atoms with van der Waals surface area (Å²) in [6.07, 6.45) is 0. The quantitative estimate of drug-likeness (QED) is 0.489. The van der Waals surface area contributed by atoms with E-state index in [-0.39, 0.29) is 26.9 Å². The number of carbonyl (C=O) groups excluding carboxylic acids is 1. The number of nitrogens with one attached hydrogen (secondary N) is 2. The highest BCUT2D eigenvalue weighted by atomic mass is 35.5. The second kappa shape index (κ2) is 8.59. The van der Waals surface area contributed by atoms with Crippen LogP contribution < -0.4 is 10.0 Å². The number of anilines is 2. The van der Waals surface area contributed by atoms with Gasteiger partial charge in [0.15, 0.2) is 0 Å². The maximum Gasteiger partial charge on any atom is 0.262 e. The third kappa shape index (κ3) is 5.19. The van der Waals surface area contributed by atoms with Gasteiger partial charge in [0.2, 0.25) is 0 Å². The van der Waals surface area contributed by atoms with Gasteiger partial charge in [0, 0.05) is 15.6 Å². The second-order valence-electron chi connectivity index (χ2n) is 5.84. The molecule has 0 unspecified atom stereocenters. The van der Waals surface area contributed by atoms with Crippen molar-refractivity contribution in [3.8, 4) is 0 Å². The Morgan fingerprint density at radius 1 is 0.862 bits per heavy atom. The minimum atomic E-state index is -4.12. The van der Waals surface area contributed by atoms with Crippen LogP contribution in [-0.2, 0) is 10.0 Å². The minimum absolute atomic E-state index is 0.0898. The van der Waals surface area contributed by atoms with Gasteiger partial charge >= 0.3 is 0 Å². The lowest BCUT2D eigenvalue weighted by atomic mass is 10.2. The van der Waals surface area contributed by atoms with Crippen LogP contribution >= 0.6 is 34.8 Å². The molecule has 0 fully saturated rings. The molecule has 0 bridgehead atoms. The normalized spacial score (nSPS) is 11.2. The molecule has 0 aliphatic rings. The Kier molecular flexibility index (Phi) is 6.33. The summed E-state index contributed by atoms with van der Waals surface area (Å²) in [7, 11) is -4.12. The van der Waals surface area contributed by atoms with Gasteiger partial charge in [-0.25, -0.2) is 12.8 Å². The lowest BCUT2D eigenvalue weighted by Gasteiger charge is -2.12. The molecule has 0 aromatic heterocycles. The largest absolute Gasteiger partial charge is 0.319 e. The minimum Gasteiger partial charge on any atom is -0.319 e. The van der Waals surface area contributed by atoms with Crippen molar-refractivity contribution in [3.05, 3.63) is 87.1 Å². The van der Waals surface area contributed by atoms with Crippen molar-refractivity contribution in [3.63, 3.8) is 0 Å². The molecule has 0 saturated carbocycles. The number of amides is 1. The first-order chi connectivity index (χ1) is 13.7. The van der Waals surface area contributed by atoms with E-state index in [1.165, 1.54) is 30.3 Å². The number of rotatable bonds is 5. The standard InChI is InChI=1S/C19H12Cl3FN2O3S/c20-12-3-1-2-11(8-12)19(26)24-18-7-5-14(10-16(18)23)29(27,28)25-17-6-4-13(21)9-15(17)22/h1-10,25H,(H,24,26). The average Bonchev–Trinajstić information content (AvgIpc) is 2.65. The number of sulfonamides is 1. The second-order valence-corrected chi connectivity index (χ2v) is 8.80. The summed E-state index contributed by atoms with van der Waals surface area (Å²) in [6, 6.07) is 13.4. The number of hydrogen-bond donors (Lipinski definition) is 2. The highest BCUT2D eigenvalue weighted by Gasteiger charge is 2.19. The van der Waals surface area contributed by atoms with E-state index in [1.54, 1.807) is 12.1 Å². The molecule has 3 rings (SSSR count). The van der Waals surface area contributed by atoms with Gasteiger partial charge in [0.1, 0.15) is 5.82 Å². The van der Waals surface area contributed by atoms with Crippen LogP contribution in [0.2, 0.25) is 15.1 Å². The van der Waals surface area contributed by atoms with E-state index in [2.05, 4.69) is 10.0 Å². The SMILES string of the molecule is O=C(Nc1ccc(S(=O)(=O)Nc2ccc(Cl)cc2Cl)cc1F)c1cccc(Cl)c1. The molecule has 0 heterocycles. The maximum atomic E-state index is 14.4. The Hall–Kier alpha value is -2.32. The zero-order chi connectivity index (χ0) is 21.2. The summed E-state index contributed by atoms with van der Waals surface area (Å²) in [6.45, 7) is 0. The van der Waals surface area contributed by atoms with E-state index in [0.29, 0.717) is 10.0 Å². The summed E-state index contributed by atoms with van der Waals surface area (Å²) in [5, 5.41) is 3.15. The van der Waals surface area contributed by atoms with Crippen LogP contribution in [-0.4, -0.2) is 14.3 Å². The third-order valence-electron chi connectivity index (χ3n) is 3.76. The van der Waals surface area contributed by atoms with Crippen LogP contribution in [0, 0.1) is 5.82 Å². The Morgan fingerprint density at radius 3 is 2.21 bits per heavy atom. The summed E-state index contributed by atoms with van der Waals surface area (Å²) >= 11 is 17.6. The Balaban J connectivity index is 1.82. The molecule has 0 spiro atoms. The van der Waals surface area contributed by atoms with Crippen molar-refractivity contribution in [2.24, 2.45) is 0 Å². The Bertz CT molecular complexity index is 1200. The summed E-state index contributed by atoms with van der Waals surface area (Å²) in [4.78, 5) is 11.9. The van der Waals surface area contributed by atoms with Crippen molar-refractivity contribution in [2.75, 3.05) is 10.0 Å². The van der Waals surface area contributed by atoms with Crippen LogP contribution in [0.5, 0.6) is 0 Å². The van der Waals surface area contributed by atoms with E-state index >= 15 is 0 Å². The number of carbonyl (C=O) groups is 1. The number of hydrogen-bond acceptors (Lipinski definition) is 3. The molecule has 0 aliphatic carbocycles. The smallest absolute Gasteiger partial charge is 0.262 e. The number of benzene rings is 3. The monoisotopic (exact) mass is 472 g/mol. The average molecular weight is 474 g/mol. The fourth-order valence-electron chi connectivity index (χ4n) is 2.36. The molecule has 1 amide bonds. The molecular weight excluding hydrogens is 462 g/mol. The van der Waals surface area contributed by atoms with Crippen molar-refractivity contribution >= 4 is 62.1 Å². The van der Waals surface area contributed by atoms with Crippen molar-refractivity contribution in [2.45, 2.75) is 4.90 Å². The zero-order valence-corrected chi connectivity index (χ0v) is 17.5. The Morgan fingerprint density at radius 2 is 1.55 bits per heavy atom. The molecule has 2 N–H and O–H groups in total. The van der Waals surface area contributed by atoms with Gasteiger partial charge in [-0.15, -0.1) is 0 Å². The lowest BCUT2D eigenvalue weighted by Crippen LogP contribution is -2.15. The van der Waals surface area contributed by atoms with Crippen molar-refractivity contribution in [1.29, 1.82) is 0 Å². The first-order valence-electron chi connectivity index (χ1n) is 8.00. The summed E-state index contributed by atoms with van der Waals surface area (Å²) in [5.41, 5.74) is 0.140. The molecule has 0 radical (unpaired) electrons. The molecule has 0 atom stereocenters. The highest BCUT2D eigenvalue weighted by molar-refractivity contribution is 7.92. The van der Waals surface area contributed by atoms with Crippen molar-refractivity contribution in [1.82, 2.24) is 0 Å². The summed E-state index contributed by atoms with van der Waals surface area (Å²) < 4.78 is 41.7. The molecule has 5 nitrogen and oxygen atoms in total. The van der Waals surface area contributed by atoms with Gasteiger partial charge in [0.05, 0.1) is 21.3 Å². The van der Waals surface area contributed by atoms with Crippen LogP contribution in [0.25, 0.3) is 0 Å². The lowest BCUT2D eigenvalue weighted by molar-refractivity contribution is 0.102. The van der Waals surface area contributed by atoms with E-state index in [9.17, 15) is 17.6 Å². The van der Waals surface area contributed by atoms with Gasteiger partial charge in [-0.05, 0) is 54.6 Å². The predicted molar refractivity (Wildman–Crippen MR) is 113 cm³/mol. The molecule has 0 aliphatic heterocycles. The predicted octanol–water partition coefficient (Wildman–Crippen LogP) is 5.84. The molecular formula is C19H12Cl3FN2O3S. The van der Waals surface area contributed by atoms with Gasteiger partial charge < -0.3 is 5.32 Å². The summed E-state index contributed by atoms with van der Waals surface area (Å²) in [5.74, 6) is -1.52. The topological polar surface area (TPSA) is 75.3 Å². The van der Waals surface area contributed by atoms with Crippen molar-refractivity contribution < 1.29 is 17.6 Å². The van der Waals surface area contributed by atoms with Gasteiger partial charge in [-0.2, -0.15) is 0 Å². The zero-order valence-electron chi connectivity index (χ0n) is 14.4. The van der Waals surface area contributed by atoms with E-state index in [1.807, 2.05) is 0 Å². The van der Waals surface area contributed by atoms with Crippen LogP contribution in [0.1, 0.15) is 10.4 Å². The molecule has 150 valence electrons. The van der Waals surface area contributed by atoms with Gasteiger partial charge in [-0.1, -0.05) is 40.9 Å². The molecule has 0 saturated heterocycles. The van der Waals surface area contributed by atoms with Crippen LogP contribution in [0.3, 0.4) is 0 Å². The maximum absolute atomic E-state index is 14.4. The van der Waals surface area contributed by atoms with Gasteiger partial charge in [-0.3, -0.25) is 9.52 Å². The highest BCUT2D eigenvalue weighted by Crippen LogP contribution is 2.28. The Labute approximate surface area is 181 Å². The number of halogens is 4. The first-order valence-corrected chi connectivity index (χ1v) is 10.6. The molecule has 29 heavy (non-hydrogen) atoms. The molecule has 3 aromatic rings. The molecule has 10 heteroatoms. The van der Waals surface area contributed by atoms with E-state index < -0.39 is 21.7 Å². The third-order valence-corrected chi connectivity index (χ3v) is 5.91. The van der Waals surface area contributed by atoms with Gasteiger partial charge in [0.25, 0.3) is 15.9 Å².